The standard InChI is InChI=1S/C20H23N5O3/c1-27-17-8-13(9-18(21-17)28-2)11-25-12-15(26)10-16(25)20-22-19(23-24-20)14-6-4-3-5-7-14/h3-9,15-16,26H,10-12H2,1-2H3,(H,22,23,24)/t15-,16+/m1/s1. The van der Waals surface area contributed by atoms with E-state index in [2.05, 4.69) is 25.1 Å². The number of benzene rings is 1. The summed E-state index contributed by atoms with van der Waals surface area (Å²) in [5.74, 6) is 2.40. The number of ether oxygens (including phenoxy) is 2. The van der Waals surface area contributed by atoms with Gasteiger partial charge in [-0.1, -0.05) is 30.3 Å². The van der Waals surface area contributed by atoms with E-state index in [1.807, 2.05) is 42.5 Å². The lowest BCUT2D eigenvalue weighted by atomic mass is 10.1. The summed E-state index contributed by atoms with van der Waals surface area (Å²) in [7, 11) is 3.15. The third kappa shape index (κ3) is 3.83. The first-order valence-electron chi connectivity index (χ1n) is 9.15. The molecule has 1 aliphatic heterocycles. The largest absolute Gasteiger partial charge is 0.481 e. The van der Waals surface area contributed by atoms with Crippen LogP contribution in [0, 0.1) is 0 Å². The van der Waals surface area contributed by atoms with Gasteiger partial charge in [-0.05, 0) is 12.0 Å². The smallest absolute Gasteiger partial charge is 0.216 e. The van der Waals surface area contributed by atoms with E-state index in [0.717, 1.165) is 17.0 Å². The quantitative estimate of drug-likeness (QED) is 0.676. The SMILES string of the molecule is COc1cc(CN2C[C@H](O)C[C@H]2c2nc(-c3ccccc3)n[nH]2)cc(OC)n1. The normalized spacial score (nSPS) is 19.7. The van der Waals surface area contributed by atoms with E-state index in [4.69, 9.17) is 9.47 Å². The van der Waals surface area contributed by atoms with Gasteiger partial charge in [0.05, 0.1) is 26.4 Å². The fourth-order valence-electron chi connectivity index (χ4n) is 3.55. The van der Waals surface area contributed by atoms with Crippen molar-refractivity contribution in [3.8, 4) is 23.1 Å². The average molecular weight is 381 g/mol. The highest BCUT2D eigenvalue weighted by molar-refractivity contribution is 5.53. The van der Waals surface area contributed by atoms with E-state index in [0.29, 0.717) is 37.1 Å². The topological polar surface area (TPSA) is 96.4 Å². The van der Waals surface area contributed by atoms with E-state index in [1.54, 1.807) is 14.2 Å². The molecule has 1 saturated heterocycles. The highest BCUT2D eigenvalue weighted by Crippen LogP contribution is 2.33. The first kappa shape index (κ1) is 18.4. The van der Waals surface area contributed by atoms with Crippen LogP contribution in [0.25, 0.3) is 11.4 Å². The van der Waals surface area contributed by atoms with Gasteiger partial charge in [0.1, 0.15) is 5.82 Å². The Bertz CT molecular complexity index is 908. The minimum absolute atomic E-state index is 0.0508. The highest BCUT2D eigenvalue weighted by atomic mass is 16.5. The van der Waals surface area contributed by atoms with Crippen molar-refractivity contribution in [2.24, 2.45) is 0 Å². The monoisotopic (exact) mass is 381 g/mol. The first-order valence-corrected chi connectivity index (χ1v) is 9.15. The van der Waals surface area contributed by atoms with Crippen LogP contribution >= 0.6 is 0 Å². The fraction of sp³-hybridized carbons (Fsp3) is 0.350. The zero-order valence-corrected chi connectivity index (χ0v) is 15.9. The molecule has 8 heteroatoms. The number of hydrogen-bond donors (Lipinski definition) is 2. The Balaban J connectivity index is 1.57. The van der Waals surface area contributed by atoms with Crippen molar-refractivity contribution in [3.63, 3.8) is 0 Å². The van der Waals surface area contributed by atoms with Crippen LogP contribution in [0.3, 0.4) is 0 Å². The Kier molecular flexibility index (Phi) is 5.23. The number of aliphatic hydroxyl groups is 1. The van der Waals surface area contributed by atoms with Crippen molar-refractivity contribution >= 4 is 0 Å². The van der Waals surface area contributed by atoms with Gasteiger partial charge in [0.2, 0.25) is 11.8 Å². The number of aromatic nitrogens is 4. The summed E-state index contributed by atoms with van der Waals surface area (Å²) in [6.45, 7) is 1.16. The van der Waals surface area contributed by atoms with E-state index < -0.39 is 6.10 Å². The molecule has 2 atom stereocenters. The summed E-state index contributed by atoms with van der Waals surface area (Å²) >= 11 is 0. The molecule has 2 aromatic heterocycles. The Labute approximate surface area is 163 Å². The maximum Gasteiger partial charge on any atom is 0.216 e. The zero-order chi connectivity index (χ0) is 19.5. The molecule has 0 radical (unpaired) electrons. The number of pyridine rings is 1. The molecular formula is C20H23N5O3. The summed E-state index contributed by atoms with van der Waals surface area (Å²) in [6, 6.07) is 13.5. The molecule has 4 rings (SSSR count). The number of nitrogens with one attached hydrogen (secondary N) is 1. The van der Waals surface area contributed by atoms with Gasteiger partial charge in [-0.2, -0.15) is 10.1 Å². The van der Waals surface area contributed by atoms with Crippen LogP contribution in [0.5, 0.6) is 11.8 Å². The number of nitrogens with zero attached hydrogens (tertiary/aromatic N) is 4. The van der Waals surface area contributed by atoms with Crippen molar-refractivity contribution < 1.29 is 14.6 Å². The molecule has 3 aromatic rings. The second kappa shape index (κ2) is 7.95. The third-order valence-electron chi connectivity index (χ3n) is 4.87. The van der Waals surface area contributed by atoms with Crippen molar-refractivity contribution in [1.82, 2.24) is 25.1 Å². The molecule has 3 heterocycles. The number of H-pyrrole nitrogens is 1. The van der Waals surface area contributed by atoms with E-state index >= 15 is 0 Å². The van der Waals surface area contributed by atoms with E-state index in [9.17, 15) is 5.11 Å². The molecule has 0 saturated carbocycles. The van der Waals surface area contributed by atoms with Crippen LogP contribution in [-0.2, 0) is 6.54 Å². The number of aliphatic hydroxyl groups excluding tert-OH is 1. The molecule has 146 valence electrons. The minimum atomic E-state index is -0.416. The summed E-state index contributed by atoms with van der Waals surface area (Å²) in [4.78, 5) is 11.1. The van der Waals surface area contributed by atoms with Gasteiger partial charge in [-0.15, -0.1) is 0 Å². The van der Waals surface area contributed by atoms with E-state index in [-0.39, 0.29) is 6.04 Å². The van der Waals surface area contributed by atoms with Crippen molar-refractivity contribution in [1.29, 1.82) is 0 Å². The molecule has 8 nitrogen and oxygen atoms in total. The van der Waals surface area contributed by atoms with Gasteiger partial charge in [-0.3, -0.25) is 10.00 Å². The van der Waals surface area contributed by atoms with Crippen LogP contribution in [0.15, 0.2) is 42.5 Å². The minimum Gasteiger partial charge on any atom is -0.481 e. The van der Waals surface area contributed by atoms with Gasteiger partial charge >= 0.3 is 0 Å². The average Bonchev–Trinajstić information content (AvgIpc) is 3.35. The summed E-state index contributed by atoms with van der Waals surface area (Å²) in [5.41, 5.74) is 1.95. The Morgan fingerprint density at radius 2 is 1.82 bits per heavy atom. The third-order valence-corrected chi connectivity index (χ3v) is 4.87. The molecule has 1 aromatic carbocycles. The highest BCUT2D eigenvalue weighted by Gasteiger charge is 2.34. The van der Waals surface area contributed by atoms with Crippen LogP contribution in [0.2, 0.25) is 0 Å². The van der Waals surface area contributed by atoms with E-state index in [1.165, 1.54) is 0 Å². The summed E-state index contributed by atoms with van der Waals surface area (Å²) in [5, 5.41) is 17.7. The molecule has 0 spiro atoms. The van der Waals surface area contributed by atoms with Gasteiger partial charge in [0, 0.05) is 30.8 Å². The number of hydrogen-bond acceptors (Lipinski definition) is 7. The molecule has 0 aliphatic carbocycles. The van der Waals surface area contributed by atoms with Crippen molar-refractivity contribution in [2.45, 2.75) is 25.1 Å². The first-order chi connectivity index (χ1) is 13.7. The van der Waals surface area contributed by atoms with Gasteiger partial charge in [-0.25, -0.2) is 4.98 Å². The maximum absolute atomic E-state index is 10.3. The molecule has 28 heavy (non-hydrogen) atoms. The second-order valence-corrected chi connectivity index (χ2v) is 6.81. The molecular weight excluding hydrogens is 358 g/mol. The molecule has 1 aliphatic rings. The van der Waals surface area contributed by atoms with Crippen molar-refractivity contribution in [2.75, 3.05) is 20.8 Å². The molecule has 1 fully saturated rings. The summed E-state index contributed by atoms with van der Waals surface area (Å²) in [6.07, 6.45) is 0.184. The number of methoxy groups -OCH3 is 2. The van der Waals surface area contributed by atoms with Gasteiger partial charge in [0.25, 0.3) is 0 Å². The second-order valence-electron chi connectivity index (χ2n) is 6.81. The van der Waals surface area contributed by atoms with Crippen LogP contribution in [0.1, 0.15) is 23.9 Å². The molecule has 2 N–H and O–H groups in total. The zero-order valence-electron chi connectivity index (χ0n) is 15.9. The Morgan fingerprint density at radius 1 is 1.11 bits per heavy atom. The number of β-amino-alcohol motifs (C(OH)–C–C–N with tert-alkyl or cyclic N) is 1. The van der Waals surface area contributed by atoms with Crippen LogP contribution in [0.4, 0.5) is 0 Å². The number of rotatable bonds is 6. The summed E-state index contributed by atoms with van der Waals surface area (Å²) < 4.78 is 10.5. The predicted octanol–water partition coefficient (Wildman–Crippen LogP) is 2.19. The van der Waals surface area contributed by atoms with Gasteiger partial charge < -0.3 is 14.6 Å². The van der Waals surface area contributed by atoms with Crippen LogP contribution < -0.4 is 9.47 Å². The molecule has 0 bridgehead atoms. The molecule has 0 unspecified atom stereocenters. The maximum atomic E-state index is 10.3. The van der Waals surface area contributed by atoms with Crippen molar-refractivity contribution in [3.05, 3.63) is 53.9 Å². The van der Waals surface area contributed by atoms with Gasteiger partial charge in [0.15, 0.2) is 5.82 Å². The number of aromatic amines is 1. The molecule has 0 amide bonds. The lowest BCUT2D eigenvalue weighted by Gasteiger charge is -2.22. The lowest BCUT2D eigenvalue weighted by molar-refractivity contribution is 0.172. The number of likely N-dealkylation sites (tertiary alicyclic amines) is 1. The lowest BCUT2D eigenvalue weighted by Crippen LogP contribution is -2.25. The predicted molar refractivity (Wildman–Crippen MR) is 103 cm³/mol. The Hall–Kier alpha value is -2.97. The van der Waals surface area contributed by atoms with Crippen LogP contribution in [-0.4, -0.2) is 57.0 Å². The Morgan fingerprint density at radius 3 is 2.50 bits per heavy atom. The fourth-order valence-corrected chi connectivity index (χ4v) is 3.55.